The SMILES string of the molecule is CNc1nc(Nc2c(C)cccc2Cl)c2[nH]cnc2n1. The highest BCUT2D eigenvalue weighted by atomic mass is 35.5. The monoisotopic (exact) mass is 288 g/mol. The van der Waals surface area contributed by atoms with Crippen LogP contribution in [-0.4, -0.2) is 27.0 Å². The van der Waals surface area contributed by atoms with Crippen LogP contribution in [0.3, 0.4) is 0 Å². The van der Waals surface area contributed by atoms with Gasteiger partial charge in [-0.1, -0.05) is 23.7 Å². The van der Waals surface area contributed by atoms with Gasteiger partial charge in [0.15, 0.2) is 11.5 Å². The Morgan fingerprint density at radius 3 is 2.85 bits per heavy atom. The molecule has 0 amide bonds. The number of imidazole rings is 1. The van der Waals surface area contributed by atoms with Gasteiger partial charge in [0.2, 0.25) is 5.95 Å². The Kier molecular flexibility index (Phi) is 3.15. The van der Waals surface area contributed by atoms with E-state index in [9.17, 15) is 0 Å². The molecule has 0 bridgehead atoms. The lowest BCUT2D eigenvalue weighted by Crippen LogP contribution is -2.03. The highest BCUT2D eigenvalue weighted by Gasteiger charge is 2.12. The quantitative estimate of drug-likeness (QED) is 0.690. The van der Waals surface area contributed by atoms with Gasteiger partial charge in [0.1, 0.15) is 5.52 Å². The number of nitrogens with one attached hydrogen (secondary N) is 3. The molecule has 7 heteroatoms. The van der Waals surface area contributed by atoms with Gasteiger partial charge < -0.3 is 15.6 Å². The van der Waals surface area contributed by atoms with Gasteiger partial charge in [-0.25, -0.2) is 4.98 Å². The number of H-pyrrole nitrogens is 1. The van der Waals surface area contributed by atoms with Crippen LogP contribution in [0.2, 0.25) is 5.02 Å². The zero-order valence-corrected chi connectivity index (χ0v) is 11.8. The van der Waals surface area contributed by atoms with Crippen molar-refractivity contribution in [1.82, 2.24) is 19.9 Å². The van der Waals surface area contributed by atoms with Gasteiger partial charge in [-0.3, -0.25) is 0 Å². The van der Waals surface area contributed by atoms with Crippen LogP contribution in [0.25, 0.3) is 11.2 Å². The molecule has 0 saturated carbocycles. The fourth-order valence-electron chi connectivity index (χ4n) is 1.94. The summed E-state index contributed by atoms with van der Waals surface area (Å²) in [7, 11) is 1.76. The molecule has 0 spiro atoms. The first-order valence-corrected chi connectivity index (χ1v) is 6.48. The Bertz CT molecular complexity index is 746. The summed E-state index contributed by atoms with van der Waals surface area (Å²) in [5, 5.41) is 6.81. The molecule has 0 radical (unpaired) electrons. The molecule has 3 aromatic rings. The van der Waals surface area contributed by atoms with Crippen molar-refractivity contribution in [3.63, 3.8) is 0 Å². The molecule has 0 aliphatic carbocycles. The number of anilines is 3. The van der Waals surface area contributed by atoms with Crippen LogP contribution in [0.5, 0.6) is 0 Å². The first kappa shape index (κ1) is 12.7. The third-order valence-electron chi connectivity index (χ3n) is 2.97. The van der Waals surface area contributed by atoms with Crippen LogP contribution < -0.4 is 10.6 Å². The van der Waals surface area contributed by atoms with E-state index in [2.05, 4.69) is 30.6 Å². The van der Waals surface area contributed by atoms with Crippen molar-refractivity contribution in [2.45, 2.75) is 6.92 Å². The van der Waals surface area contributed by atoms with Gasteiger partial charge in [0, 0.05) is 7.05 Å². The number of hydrogen-bond acceptors (Lipinski definition) is 5. The molecule has 0 atom stereocenters. The van der Waals surface area contributed by atoms with Crippen LogP contribution in [-0.2, 0) is 0 Å². The molecule has 3 N–H and O–H groups in total. The summed E-state index contributed by atoms with van der Waals surface area (Å²) in [5.74, 6) is 1.13. The number of nitrogens with zero attached hydrogens (tertiary/aromatic N) is 3. The third kappa shape index (κ3) is 2.14. The summed E-state index contributed by atoms with van der Waals surface area (Å²) >= 11 is 6.23. The van der Waals surface area contributed by atoms with Crippen molar-refractivity contribution in [3.8, 4) is 0 Å². The van der Waals surface area contributed by atoms with E-state index in [1.165, 1.54) is 0 Å². The largest absolute Gasteiger partial charge is 0.357 e. The fourth-order valence-corrected chi connectivity index (χ4v) is 2.21. The number of hydrogen-bond donors (Lipinski definition) is 3. The zero-order valence-electron chi connectivity index (χ0n) is 11.0. The second kappa shape index (κ2) is 4.97. The molecule has 0 aliphatic heterocycles. The predicted octanol–water partition coefficient (Wildman–Crippen LogP) is 3.10. The maximum Gasteiger partial charge on any atom is 0.226 e. The minimum Gasteiger partial charge on any atom is -0.357 e. The van der Waals surface area contributed by atoms with Crippen LogP contribution in [0.15, 0.2) is 24.5 Å². The molecule has 3 rings (SSSR count). The van der Waals surface area contributed by atoms with Gasteiger partial charge in [-0.2, -0.15) is 9.97 Å². The molecule has 2 heterocycles. The molecule has 0 unspecified atom stereocenters. The van der Waals surface area contributed by atoms with Gasteiger partial charge in [-0.15, -0.1) is 0 Å². The lowest BCUT2D eigenvalue weighted by atomic mass is 10.2. The minimum atomic E-state index is 0.497. The molecule has 1 aromatic carbocycles. The summed E-state index contributed by atoms with van der Waals surface area (Å²) < 4.78 is 0. The van der Waals surface area contributed by atoms with Gasteiger partial charge in [0.05, 0.1) is 17.0 Å². The maximum atomic E-state index is 6.23. The average Bonchev–Trinajstić information content (AvgIpc) is 2.91. The molecule has 102 valence electrons. The number of aromatic nitrogens is 4. The summed E-state index contributed by atoms with van der Waals surface area (Å²) in [6.07, 6.45) is 1.59. The van der Waals surface area contributed by atoms with E-state index in [1.807, 2.05) is 25.1 Å². The minimum absolute atomic E-state index is 0.497. The normalized spacial score (nSPS) is 10.8. The highest BCUT2D eigenvalue weighted by Crippen LogP contribution is 2.30. The van der Waals surface area contributed by atoms with Gasteiger partial charge in [-0.05, 0) is 18.6 Å². The Balaban J connectivity index is 2.12. The predicted molar refractivity (Wildman–Crippen MR) is 80.7 cm³/mol. The van der Waals surface area contributed by atoms with Crippen LogP contribution in [0.1, 0.15) is 5.56 Å². The number of para-hydroxylation sites is 1. The lowest BCUT2D eigenvalue weighted by Gasteiger charge is -2.12. The van der Waals surface area contributed by atoms with E-state index in [0.29, 0.717) is 22.4 Å². The zero-order chi connectivity index (χ0) is 14.1. The van der Waals surface area contributed by atoms with Crippen molar-refractivity contribution in [2.24, 2.45) is 0 Å². The van der Waals surface area contributed by atoms with E-state index in [0.717, 1.165) is 16.8 Å². The Morgan fingerprint density at radius 2 is 2.10 bits per heavy atom. The average molecular weight is 289 g/mol. The molecule has 0 fully saturated rings. The van der Waals surface area contributed by atoms with Crippen molar-refractivity contribution in [3.05, 3.63) is 35.1 Å². The third-order valence-corrected chi connectivity index (χ3v) is 3.29. The molecular weight excluding hydrogens is 276 g/mol. The van der Waals surface area contributed by atoms with Crippen LogP contribution in [0, 0.1) is 6.92 Å². The van der Waals surface area contributed by atoms with E-state index in [4.69, 9.17) is 11.6 Å². The van der Waals surface area contributed by atoms with Crippen molar-refractivity contribution in [2.75, 3.05) is 17.7 Å². The summed E-state index contributed by atoms with van der Waals surface area (Å²) in [6.45, 7) is 1.98. The van der Waals surface area contributed by atoms with Gasteiger partial charge >= 0.3 is 0 Å². The van der Waals surface area contributed by atoms with Crippen molar-refractivity contribution >= 4 is 40.2 Å². The summed E-state index contributed by atoms with van der Waals surface area (Å²) in [6, 6.07) is 5.73. The number of benzene rings is 1. The number of aryl methyl sites for hydroxylation is 1. The van der Waals surface area contributed by atoms with Crippen molar-refractivity contribution < 1.29 is 0 Å². The van der Waals surface area contributed by atoms with E-state index in [-0.39, 0.29) is 0 Å². The van der Waals surface area contributed by atoms with E-state index >= 15 is 0 Å². The van der Waals surface area contributed by atoms with E-state index < -0.39 is 0 Å². The molecule has 2 aromatic heterocycles. The Hall–Kier alpha value is -2.34. The standard InChI is InChI=1S/C13H13ClN6/c1-7-4-3-5-8(14)9(7)18-12-10-11(17-6-16-10)19-13(15-2)20-12/h3-6H,1-2H3,(H3,15,16,17,18,19,20). The molecule has 6 nitrogen and oxygen atoms in total. The number of fused-ring (bicyclic) bond motifs is 1. The fraction of sp³-hybridized carbons (Fsp3) is 0.154. The number of rotatable bonds is 3. The first-order chi connectivity index (χ1) is 9.69. The molecule has 0 saturated heterocycles. The molecular formula is C13H13ClN6. The van der Waals surface area contributed by atoms with Crippen LogP contribution >= 0.6 is 11.6 Å². The highest BCUT2D eigenvalue weighted by molar-refractivity contribution is 6.33. The smallest absolute Gasteiger partial charge is 0.226 e. The first-order valence-electron chi connectivity index (χ1n) is 6.10. The van der Waals surface area contributed by atoms with Gasteiger partial charge in [0.25, 0.3) is 0 Å². The molecule has 0 aliphatic rings. The Morgan fingerprint density at radius 1 is 1.25 bits per heavy atom. The number of aromatic amines is 1. The van der Waals surface area contributed by atoms with E-state index in [1.54, 1.807) is 13.4 Å². The van der Waals surface area contributed by atoms with Crippen molar-refractivity contribution in [1.29, 1.82) is 0 Å². The summed E-state index contributed by atoms with van der Waals surface area (Å²) in [5.41, 5.74) is 3.19. The topological polar surface area (TPSA) is 78.5 Å². The van der Waals surface area contributed by atoms with Crippen LogP contribution in [0.4, 0.5) is 17.5 Å². The second-order valence-electron chi connectivity index (χ2n) is 4.30. The molecule has 20 heavy (non-hydrogen) atoms. The Labute approximate surface area is 120 Å². The number of halogens is 1. The summed E-state index contributed by atoms with van der Waals surface area (Å²) in [4.78, 5) is 15.9. The maximum absolute atomic E-state index is 6.23. The lowest BCUT2D eigenvalue weighted by molar-refractivity contribution is 1.17. The second-order valence-corrected chi connectivity index (χ2v) is 4.71.